The summed E-state index contributed by atoms with van der Waals surface area (Å²) in [6.45, 7) is 3.87. The second kappa shape index (κ2) is 4.50. The smallest absolute Gasteiger partial charge is 0.135 e. The van der Waals surface area contributed by atoms with Gasteiger partial charge in [-0.1, -0.05) is 13.8 Å². The van der Waals surface area contributed by atoms with Crippen molar-refractivity contribution in [2.24, 2.45) is 5.92 Å². The van der Waals surface area contributed by atoms with Gasteiger partial charge in [-0.2, -0.15) is 0 Å². The highest BCUT2D eigenvalue weighted by atomic mass is 16.3. The van der Waals surface area contributed by atoms with Crippen LogP contribution in [-0.4, -0.2) is 17.5 Å². The largest absolute Gasteiger partial charge is 0.396 e. The normalized spacial score (nSPS) is 10.2. The van der Waals surface area contributed by atoms with E-state index in [1.165, 1.54) is 0 Å². The van der Waals surface area contributed by atoms with Crippen LogP contribution >= 0.6 is 0 Å². The van der Waals surface area contributed by atoms with Gasteiger partial charge < -0.3 is 5.11 Å². The lowest BCUT2D eigenvalue weighted by Gasteiger charge is -2.00. The van der Waals surface area contributed by atoms with Crippen molar-refractivity contribution in [3.05, 3.63) is 0 Å². The van der Waals surface area contributed by atoms with Crippen LogP contribution in [-0.2, 0) is 4.79 Å². The van der Waals surface area contributed by atoms with E-state index < -0.39 is 0 Å². The molecule has 0 bridgehead atoms. The molecular formula is C7H14O2. The number of carbonyl (C=O) groups excluding carboxylic acids is 1. The van der Waals surface area contributed by atoms with E-state index in [9.17, 15) is 4.79 Å². The maximum atomic E-state index is 10.8. The van der Waals surface area contributed by atoms with Gasteiger partial charge in [0.2, 0.25) is 0 Å². The minimum Gasteiger partial charge on any atom is -0.396 e. The van der Waals surface area contributed by atoms with Crippen LogP contribution in [0.4, 0.5) is 0 Å². The lowest BCUT2D eigenvalue weighted by molar-refractivity contribution is -0.122. The third-order valence-electron chi connectivity index (χ3n) is 1.23. The Bertz CT molecular complexity index is 86.9. The predicted molar refractivity (Wildman–Crippen MR) is 36.2 cm³/mol. The summed E-state index contributed by atoms with van der Waals surface area (Å²) >= 11 is 0. The van der Waals surface area contributed by atoms with Crippen LogP contribution in [0.5, 0.6) is 0 Å². The molecule has 0 aromatic carbocycles. The fourth-order valence-corrected chi connectivity index (χ4v) is 0.542. The van der Waals surface area contributed by atoms with Gasteiger partial charge >= 0.3 is 0 Å². The van der Waals surface area contributed by atoms with Crippen molar-refractivity contribution in [2.75, 3.05) is 6.61 Å². The van der Waals surface area contributed by atoms with Gasteiger partial charge in [0.05, 0.1) is 0 Å². The molecule has 2 heteroatoms. The highest BCUT2D eigenvalue weighted by molar-refractivity contribution is 5.80. The first-order valence-electron chi connectivity index (χ1n) is 3.32. The first kappa shape index (κ1) is 8.63. The molecule has 0 saturated carbocycles. The maximum Gasteiger partial charge on any atom is 0.135 e. The minimum atomic E-state index is 0.122. The molecule has 0 aromatic rings. The van der Waals surface area contributed by atoms with E-state index in [4.69, 9.17) is 5.11 Å². The number of rotatable bonds is 4. The van der Waals surface area contributed by atoms with Gasteiger partial charge in [-0.05, 0) is 6.42 Å². The minimum absolute atomic E-state index is 0.122. The summed E-state index contributed by atoms with van der Waals surface area (Å²) in [5, 5.41) is 8.34. The van der Waals surface area contributed by atoms with Gasteiger partial charge in [0.1, 0.15) is 5.78 Å². The highest BCUT2D eigenvalue weighted by Gasteiger charge is 2.04. The topological polar surface area (TPSA) is 37.3 Å². The molecule has 0 aliphatic carbocycles. The van der Waals surface area contributed by atoms with E-state index in [1.807, 2.05) is 13.8 Å². The summed E-state index contributed by atoms with van der Waals surface area (Å²) in [7, 11) is 0. The Balaban J connectivity index is 3.28. The molecule has 9 heavy (non-hydrogen) atoms. The Labute approximate surface area is 55.9 Å². The average molecular weight is 130 g/mol. The molecule has 2 nitrogen and oxygen atoms in total. The van der Waals surface area contributed by atoms with Crippen LogP contribution < -0.4 is 0 Å². The second-order valence-electron chi connectivity index (χ2n) is 2.45. The lowest BCUT2D eigenvalue weighted by atomic mass is 10.1. The first-order valence-corrected chi connectivity index (χ1v) is 3.32. The molecule has 0 amide bonds. The van der Waals surface area contributed by atoms with Gasteiger partial charge in [-0.15, -0.1) is 0 Å². The van der Waals surface area contributed by atoms with E-state index in [0.717, 1.165) is 0 Å². The fraction of sp³-hybridized carbons (Fsp3) is 0.857. The van der Waals surface area contributed by atoms with Crippen molar-refractivity contribution < 1.29 is 9.90 Å². The van der Waals surface area contributed by atoms with E-state index in [1.54, 1.807) is 0 Å². The third kappa shape index (κ3) is 4.15. The summed E-state index contributed by atoms with van der Waals surface area (Å²) in [4.78, 5) is 10.8. The standard InChI is InChI=1S/C7H14O2/c1-6(2)7(9)4-3-5-8/h6,8H,3-5H2,1-2H3. The van der Waals surface area contributed by atoms with Crippen molar-refractivity contribution >= 4 is 5.78 Å². The molecule has 0 rings (SSSR count). The molecule has 0 fully saturated rings. The van der Waals surface area contributed by atoms with Crippen LogP contribution in [0.25, 0.3) is 0 Å². The molecule has 0 spiro atoms. The monoisotopic (exact) mass is 130 g/mol. The zero-order valence-corrected chi connectivity index (χ0v) is 6.05. The van der Waals surface area contributed by atoms with Crippen LogP contribution in [0.3, 0.4) is 0 Å². The second-order valence-corrected chi connectivity index (χ2v) is 2.45. The van der Waals surface area contributed by atoms with Gasteiger partial charge in [0.15, 0.2) is 0 Å². The van der Waals surface area contributed by atoms with Crippen molar-refractivity contribution in [1.82, 2.24) is 0 Å². The van der Waals surface area contributed by atoms with Crippen LogP contribution in [0.1, 0.15) is 26.7 Å². The molecule has 0 saturated heterocycles. The fourth-order valence-electron chi connectivity index (χ4n) is 0.542. The quantitative estimate of drug-likeness (QED) is 0.616. The molecule has 54 valence electrons. The van der Waals surface area contributed by atoms with Crippen LogP contribution in [0, 0.1) is 5.92 Å². The number of Topliss-reactive ketones (excluding diaryl/α,β-unsaturated/α-hetero) is 1. The van der Waals surface area contributed by atoms with Crippen molar-refractivity contribution in [3.8, 4) is 0 Å². The zero-order valence-electron chi connectivity index (χ0n) is 6.05. The van der Waals surface area contributed by atoms with Crippen LogP contribution in [0.15, 0.2) is 0 Å². The van der Waals surface area contributed by atoms with Crippen molar-refractivity contribution in [2.45, 2.75) is 26.7 Å². The van der Waals surface area contributed by atoms with Crippen LogP contribution in [0.2, 0.25) is 0 Å². The Morgan fingerprint density at radius 1 is 1.56 bits per heavy atom. The summed E-state index contributed by atoms with van der Waals surface area (Å²) in [6, 6.07) is 0. The highest BCUT2D eigenvalue weighted by Crippen LogP contribution is 2.00. The molecule has 0 aliphatic heterocycles. The number of hydrogen-bond acceptors (Lipinski definition) is 2. The van der Waals surface area contributed by atoms with Gasteiger partial charge in [0, 0.05) is 18.9 Å². The number of hydrogen-bond donors (Lipinski definition) is 1. The predicted octanol–water partition coefficient (Wildman–Crippen LogP) is 0.984. The van der Waals surface area contributed by atoms with E-state index in [-0.39, 0.29) is 18.3 Å². The van der Waals surface area contributed by atoms with Gasteiger partial charge in [-0.25, -0.2) is 0 Å². The summed E-state index contributed by atoms with van der Waals surface area (Å²) in [5.74, 6) is 0.362. The molecule has 0 radical (unpaired) electrons. The summed E-state index contributed by atoms with van der Waals surface area (Å²) < 4.78 is 0. The lowest BCUT2D eigenvalue weighted by Crippen LogP contribution is -2.06. The maximum absolute atomic E-state index is 10.8. The summed E-state index contributed by atoms with van der Waals surface area (Å²) in [6.07, 6.45) is 1.13. The van der Waals surface area contributed by atoms with Gasteiger partial charge in [0.25, 0.3) is 0 Å². The molecule has 0 atom stereocenters. The Morgan fingerprint density at radius 3 is 2.44 bits per heavy atom. The zero-order chi connectivity index (χ0) is 7.28. The Hall–Kier alpha value is -0.370. The van der Waals surface area contributed by atoms with E-state index in [0.29, 0.717) is 12.8 Å². The van der Waals surface area contributed by atoms with Gasteiger partial charge in [-0.3, -0.25) is 4.79 Å². The number of ketones is 1. The van der Waals surface area contributed by atoms with E-state index >= 15 is 0 Å². The number of aliphatic hydroxyl groups is 1. The molecular weight excluding hydrogens is 116 g/mol. The number of carbonyl (C=O) groups is 1. The third-order valence-corrected chi connectivity index (χ3v) is 1.23. The molecule has 0 aromatic heterocycles. The Morgan fingerprint density at radius 2 is 2.11 bits per heavy atom. The number of aliphatic hydroxyl groups excluding tert-OH is 1. The molecule has 0 unspecified atom stereocenters. The average Bonchev–Trinajstić information content (AvgIpc) is 1.82. The molecule has 0 heterocycles. The molecule has 0 aliphatic rings. The Kier molecular flexibility index (Phi) is 4.32. The first-order chi connectivity index (χ1) is 4.18. The molecule has 1 N–H and O–H groups in total. The van der Waals surface area contributed by atoms with E-state index in [2.05, 4.69) is 0 Å². The van der Waals surface area contributed by atoms with Crippen molar-refractivity contribution in [1.29, 1.82) is 0 Å². The SMILES string of the molecule is CC(C)C(=O)CCCO. The van der Waals surface area contributed by atoms with Crippen molar-refractivity contribution in [3.63, 3.8) is 0 Å². The summed E-state index contributed by atoms with van der Waals surface area (Å²) in [5.41, 5.74) is 0.